The molecule has 0 heterocycles. The predicted molar refractivity (Wildman–Crippen MR) is 112 cm³/mol. The summed E-state index contributed by atoms with van der Waals surface area (Å²) in [5.41, 5.74) is 2.14. The van der Waals surface area contributed by atoms with Gasteiger partial charge >= 0.3 is 0 Å². The minimum Gasteiger partial charge on any atom is -0.321 e. The van der Waals surface area contributed by atoms with Gasteiger partial charge in [-0.15, -0.1) is 0 Å². The minimum atomic E-state index is -3.82. The lowest BCUT2D eigenvalue weighted by Crippen LogP contribution is -2.36. The summed E-state index contributed by atoms with van der Waals surface area (Å²) in [5.74, 6) is -1.42. The van der Waals surface area contributed by atoms with Gasteiger partial charge in [0, 0.05) is 11.7 Å². The summed E-state index contributed by atoms with van der Waals surface area (Å²) in [5, 5.41) is 2.75. The first kappa shape index (κ1) is 21.5. The van der Waals surface area contributed by atoms with Gasteiger partial charge in [0.05, 0.1) is 10.5 Å². The smallest absolute Gasteiger partial charge is 0.258 e. The molecule has 2 aromatic rings. The number of sulfonamides is 1. The SMILES string of the molecule is CCc1cccc(C)c1NC(=O)c1cc(S(=O)(=O)NC2CCCCC2)ccc1F. The molecular weight excluding hydrogens is 391 g/mol. The number of nitrogens with one attached hydrogen (secondary N) is 2. The Hall–Kier alpha value is -2.25. The Morgan fingerprint density at radius 1 is 1.14 bits per heavy atom. The molecule has 0 bridgehead atoms. The maximum Gasteiger partial charge on any atom is 0.258 e. The third kappa shape index (κ3) is 5.03. The Morgan fingerprint density at radius 2 is 1.86 bits per heavy atom. The Bertz CT molecular complexity index is 999. The summed E-state index contributed by atoms with van der Waals surface area (Å²) in [7, 11) is -3.82. The van der Waals surface area contributed by atoms with E-state index >= 15 is 0 Å². The summed E-state index contributed by atoms with van der Waals surface area (Å²) in [6, 6.07) is 8.88. The highest BCUT2D eigenvalue weighted by atomic mass is 32.2. The van der Waals surface area contributed by atoms with Gasteiger partial charge in [-0.25, -0.2) is 17.5 Å². The monoisotopic (exact) mass is 418 g/mol. The van der Waals surface area contributed by atoms with E-state index in [1.54, 1.807) is 0 Å². The van der Waals surface area contributed by atoms with Crippen molar-refractivity contribution in [1.29, 1.82) is 0 Å². The number of hydrogen-bond donors (Lipinski definition) is 2. The van der Waals surface area contributed by atoms with Crippen LogP contribution in [0.15, 0.2) is 41.3 Å². The van der Waals surface area contributed by atoms with E-state index in [0.717, 1.165) is 55.4 Å². The molecule has 1 aliphatic carbocycles. The number of carbonyl (C=O) groups excluding carboxylic acids is 1. The van der Waals surface area contributed by atoms with Crippen LogP contribution in [0.4, 0.5) is 10.1 Å². The van der Waals surface area contributed by atoms with Crippen LogP contribution in [0.25, 0.3) is 0 Å². The average molecular weight is 419 g/mol. The van der Waals surface area contributed by atoms with Gasteiger partial charge in [0.2, 0.25) is 10.0 Å². The van der Waals surface area contributed by atoms with E-state index in [4.69, 9.17) is 0 Å². The number of hydrogen-bond acceptors (Lipinski definition) is 3. The molecule has 0 aromatic heterocycles. The predicted octanol–water partition coefficient (Wildman–Crippen LogP) is 4.56. The molecule has 1 amide bonds. The Labute approximate surface area is 171 Å². The lowest BCUT2D eigenvalue weighted by Gasteiger charge is -2.22. The van der Waals surface area contributed by atoms with E-state index in [9.17, 15) is 17.6 Å². The summed E-state index contributed by atoms with van der Waals surface area (Å²) >= 11 is 0. The number of rotatable bonds is 6. The molecule has 0 radical (unpaired) electrons. The molecule has 1 fully saturated rings. The number of halogens is 1. The first-order chi connectivity index (χ1) is 13.8. The molecule has 0 spiro atoms. The van der Waals surface area contributed by atoms with Crippen molar-refractivity contribution in [1.82, 2.24) is 4.72 Å². The second-order valence-corrected chi connectivity index (χ2v) is 9.23. The van der Waals surface area contributed by atoms with Gasteiger partial charge in [0.25, 0.3) is 5.91 Å². The molecule has 5 nitrogen and oxygen atoms in total. The fourth-order valence-electron chi connectivity index (χ4n) is 3.74. The zero-order chi connectivity index (χ0) is 21.0. The van der Waals surface area contributed by atoms with Gasteiger partial charge in [-0.1, -0.05) is 44.4 Å². The molecule has 0 saturated heterocycles. The van der Waals surface area contributed by atoms with Crippen molar-refractivity contribution in [3.63, 3.8) is 0 Å². The Balaban J connectivity index is 1.86. The third-order valence-electron chi connectivity index (χ3n) is 5.40. The lowest BCUT2D eigenvalue weighted by molar-refractivity contribution is 0.102. The van der Waals surface area contributed by atoms with Gasteiger partial charge in [0.1, 0.15) is 5.82 Å². The van der Waals surface area contributed by atoms with Gasteiger partial charge in [0.15, 0.2) is 0 Å². The maximum absolute atomic E-state index is 14.4. The normalized spacial score (nSPS) is 15.3. The molecule has 0 aliphatic heterocycles. The van der Waals surface area contributed by atoms with Crippen LogP contribution in [0, 0.1) is 12.7 Å². The van der Waals surface area contributed by atoms with Crippen LogP contribution in [-0.2, 0) is 16.4 Å². The van der Waals surface area contributed by atoms with Crippen molar-refractivity contribution in [2.24, 2.45) is 0 Å². The largest absolute Gasteiger partial charge is 0.321 e. The number of anilines is 1. The molecule has 2 aromatic carbocycles. The van der Waals surface area contributed by atoms with Crippen LogP contribution in [-0.4, -0.2) is 20.4 Å². The van der Waals surface area contributed by atoms with Gasteiger partial charge in [-0.05, 0) is 55.5 Å². The molecule has 3 rings (SSSR count). The Kier molecular flexibility index (Phi) is 6.70. The first-order valence-corrected chi connectivity index (χ1v) is 11.5. The van der Waals surface area contributed by atoms with Crippen molar-refractivity contribution in [3.05, 3.63) is 58.9 Å². The summed E-state index contributed by atoms with van der Waals surface area (Å²) in [6.07, 6.45) is 5.37. The van der Waals surface area contributed by atoms with Gasteiger partial charge in [-0.3, -0.25) is 4.79 Å². The van der Waals surface area contributed by atoms with Crippen molar-refractivity contribution < 1.29 is 17.6 Å². The number of carbonyl (C=O) groups is 1. The van der Waals surface area contributed by atoms with Crippen LogP contribution in [0.3, 0.4) is 0 Å². The minimum absolute atomic E-state index is 0.102. The standard InChI is InChI=1S/C22H27FN2O3S/c1-3-16-9-7-8-15(2)21(16)24-22(26)19-14-18(12-13-20(19)23)29(27,28)25-17-10-5-4-6-11-17/h7-9,12-14,17,25H,3-6,10-11H2,1-2H3,(H,24,26). The van der Waals surface area contributed by atoms with E-state index in [0.29, 0.717) is 12.1 Å². The number of benzene rings is 2. The topological polar surface area (TPSA) is 75.3 Å². The fourth-order valence-corrected chi connectivity index (χ4v) is 5.07. The average Bonchev–Trinajstić information content (AvgIpc) is 2.70. The van der Waals surface area contributed by atoms with Crippen molar-refractivity contribution in [2.45, 2.75) is 63.3 Å². The zero-order valence-corrected chi connectivity index (χ0v) is 17.6. The van der Waals surface area contributed by atoms with Crippen LogP contribution in [0.2, 0.25) is 0 Å². The quantitative estimate of drug-likeness (QED) is 0.722. The number of para-hydroxylation sites is 1. The van der Waals surface area contributed by atoms with E-state index in [1.807, 2.05) is 32.0 Å². The number of aryl methyl sites for hydroxylation is 2. The molecule has 29 heavy (non-hydrogen) atoms. The fraction of sp³-hybridized carbons (Fsp3) is 0.409. The van der Waals surface area contributed by atoms with Gasteiger partial charge < -0.3 is 5.32 Å². The van der Waals surface area contributed by atoms with Crippen molar-refractivity contribution >= 4 is 21.6 Å². The van der Waals surface area contributed by atoms with Gasteiger partial charge in [-0.2, -0.15) is 0 Å². The molecule has 1 aliphatic rings. The summed E-state index contributed by atoms with van der Waals surface area (Å²) in [6.45, 7) is 3.83. The van der Waals surface area contributed by atoms with Crippen LogP contribution in [0.1, 0.15) is 60.5 Å². The van der Waals surface area contributed by atoms with Crippen LogP contribution in [0.5, 0.6) is 0 Å². The molecular formula is C22H27FN2O3S. The highest BCUT2D eigenvalue weighted by Gasteiger charge is 2.24. The first-order valence-electron chi connectivity index (χ1n) is 10.0. The van der Waals surface area contributed by atoms with E-state index in [2.05, 4.69) is 10.0 Å². The molecule has 156 valence electrons. The molecule has 2 N–H and O–H groups in total. The number of amides is 1. The maximum atomic E-state index is 14.4. The highest BCUT2D eigenvalue weighted by molar-refractivity contribution is 7.89. The third-order valence-corrected chi connectivity index (χ3v) is 6.92. The Morgan fingerprint density at radius 3 is 2.55 bits per heavy atom. The molecule has 1 saturated carbocycles. The molecule has 0 unspecified atom stereocenters. The summed E-state index contributed by atoms with van der Waals surface area (Å²) < 4.78 is 42.5. The van der Waals surface area contributed by atoms with E-state index in [-0.39, 0.29) is 16.5 Å². The van der Waals surface area contributed by atoms with Crippen molar-refractivity contribution in [2.75, 3.05) is 5.32 Å². The second-order valence-electron chi connectivity index (χ2n) is 7.51. The zero-order valence-electron chi connectivity index (χ0n) is 16.8. The van der Waals surface area contributed by atoms with Crippen LogP contribution < -0.4 is 10.0 Å². The van der Waals surface area contributed by atoms with Crippen molar-refractivity contribution in [3.8, 4) is 0 Å². The molecule has 0 atom stereocenters. The van der Waals surface area contributed by atoms with Crippen LogP contribution >= 0.6 is 0 Å². The van der Waals surface area contributed by atoms with E-state index in [1.165, 1.54) is 6.07 Å². The van der Waals surface area contributed by atoms with E-state index < -0.39 is 21.7 Å². The second kappa shape index (κ2) is 9.05. The summed E-state index contributed by atoms with van der Waals surface area (Å²) in [4.78, 5) is 12.7. The highest BCUT2D eigenvalue weighted by Crippen LogP contribution is 2.24. The molecule has 7 heteroatoms. The lowest BCUT2D eigenvalue weighted by atomic mass is 9.96.